The smallest absolute Gasteiger partial charge is 0.469 e. The first-order valence-electron chi connectivity index (χ1n) is 14.8. The lowest BCUT2D eigenvalue weighted by Crippen LogP contribution is -2.16. The van der Waals surface area contributed by atoms with Crippen molar-refractivity contribution in [3.63, 3.8) is 0 Å². The molecule has 0 radical (unpaired) electrons. The van der Waals surface area contributed by atoms with E-state index in [1.54, 1.807) is 18.2 Å². The van der Waals surface area contributed by atoms with Crippen molar-refractivity contribution in [2.45, 2.75) is 67.3 Å². The molecule has 0 fully saturated rings. The second-order valence-electron chi connectivity index (χ2n) is 9.22. The van der Waals surface area contributed by atoms with Crippen LogP contribution < -0.4 is 4.74 Å². The van der Waals surface area contributed by atoms with Crippen molar-refractivity contribution in [3.8, 4) is 16.9 Å². The number of aromatic nitrogens is 2. The predicted octanol–water partition coefficient (Wildman–Crippen LogP) is 11.2. The van der Waals surface area contributed by atoms with Gasteiger partial charge in [-0.15, -0.1) is 24.8 Å². The Hall–Kier alpha value is -3.75. The molecule has 0 spiro atoms. The number of alkyl halides is 4. The van der Waals surface area contributed by atoms with E-state index in [0.717, 1.165) is 41.2 Å². The minimum Gasteiger partial charge on any atom is -0.469 e. The van der Waals surface area contributed by atoms with Gasteiger partial charge in [-0.3, -0.25) is 4.79 Å². The first-order chi connectivity index (χ1) is 22.0. The lowest BCUT2D eigenvalue weighted by Gasteiger charge is -2.10. The summed E-state index contributed by atoms with van der Waals surface area (Å²) in [5.41, 5.74) is 6.41. The van der Waals surface area contributed by atoms with Crippen LogP contribution in [0.15, 0.2) is 96.2 Å². The molecule has 0 unspecified atom stereocenters. The van der Waals surface area contributed by atoms with Gasteiger partial charge in [0.2, 0.25) is 0 Å². The van der Waals surface area contributed by atoms with Gasteiger partial charge in [0.25, 0.3) is 0 Å². The molecule has 0 N–H and O–H groups in total. The zero-order valence-corrected chi connectivity index (χ0v) is 29.1. The van der Waals surface area contributed by atoms with Crippen LogP contribution in [0.4, 0.5) is 13.2 Å². The van der Waals surface area contributed by atoms with Crippen LogP contribution in [0.5, 0.6) is 5.75 Å². The van der Waals surface area contributed by atoms with Crippen LogP contribution in [0.1, 0.15) is 65.0 Å². The molecule has 0 saturated heterocycles. The van der Waals surface area contributed by atoms with E-state index in [2.05, 4.69) is 46.2 Å². The molecule has 46 heavy (non-hydrogen) atoms. The monoisotopic (exact) mass is 680 g/mol. The normalized spacial score (nSPS) is 11.3. The number of rotatable bonds is 10. The van der Waals surface area contributed by atoms with Gasteiger partial charge >= 0.3 is 12.3 Å². The summed E-state index contributed by atoms with van der Waals surface area (Å²) in [4.78, 5) is 14.4. The molecular formula is C36H45Cl2F3N2O3. The second-order valence-corrected chi connectivity index (χ2v) is 9.78. The van der Waals surface area contributed by atoms with Crippen molar-refractivity contribution in [1.29, 1.82) is 0 Å². The summed E-state index contributed by atoms with van der Waals surface area (Å²) in [6.07, 6.45) is 10.9. The van der Waals surface area contributed by atoms with Crippen molar-refractivity contribution < 1.29 is 27.4 Å². The maximum Gasteiger partial charge on any atom is 0.573 e. The zero-order valence-electron chi connectivity index (χ0n) is 27.6. The average Bonchev–Trinajstić information content (AvgIpc) is 3.41. The summed E-state index contributed by atoms with van der Waals surface area (Å²) in [7, 11) is 1.35. The number of allylic oxidation sites excluding steroid dienone is 6. The van der Waals surface area contributed by atoms with Crippen LogP contribution in [0.25, 0.3) is 17.2 Å². The van der Waals surface area contributed by atoms with Gasteiger partial charge in [0.05, 0.1) is 12.8 Å². The topological polar surface area (TPSA) is 53.4 Å². The van der Waals surface area contributed by atoms with E-state index in [1.165, 1.54) is 37.3 Å². The summed E-state index contributed by atoms with van der Waals surface area (Å²) >= 11 is 10.2. The van der Waals surface area contributed by atoms with Gasteiger partial charge in [-0.25, -0.2) is 4.98 Å². The lowest BCUT2D eigenvalue weighted by atomic mass is 10.0. The fourth-order valence-electron chi connectivity index (χ4n) is 3.54. The van der Waals surface area contributed by atoms with Crippen LogP contribution in [0.3, 0.4) is 0 Å². The third-order valence-electron chi connectivity index (χ3n) is 5.60. The van der Waals surface area contributed by atoms with Crippen LogP contribution in [-0.4, -0.2) is 34.9 Å². The highest BCUT2D eigenvalue weighted by molar-refractivity contribution is 6.26. The molecule has 0 amide bonds. The first-order valence-corrected chi connectivity index (χ1v) is 15.7. The predicted molar refractivity (Wildman–Crippen MR) is 186 cm³/mol. The Bertz CT molecular complexity index is 1380. The number of hydrogen-bond donors (Lipinski definition) is 0. The van der Waals surface area contributed by atoms with E-state index in [-0.39, 0.29) is 11.7 Å². The van der Waals surface area contributed by atoms with E-state index in [4.69, 9.17) is 28.2 Å². The summed E-state index contributed by atoms with van der Waals surface area (Å²) in [6.45, 7) is 12.3. The van der Waals surface area contributed by atoms with Gasteiger partial charge in [-0.1, -0.05) is 105 Å². The molecule has 3 rings (SSSR count). The molecule has 0 aliphatic carbocycles. The molecule has 10 heteroatoms. The number of methoxy groups -OCH3 is 1. The maximum absolute atomic E-state index is 12.4. The SMILES string of the molecule is C/C=C\C=C(/C)Cn1cc(/C=C/CC)nc1Cc1ccc(-c2ccc(OC(F)(F)F)cc2)cc1.CC.COC(C)=O.Cl/C=C/CCl. The molecule has 252 valence electrons. The number of imidazole rings is 1. The van der Waals surface area contributed by atoms with E-state index in [1.807, 2.05) is 63.3 Å². The van der Waals surface area contributed by atoms with Gasteiger partial charge in [-0.05, 0) is 55.2 Å². The Morgan fingerprint density at radius 2 is 1.57 bits per heavy atom. The van der Waals surface area contributed by atoms with Crippen molar-refractivity contribution >= 4 is 35.2 Å². The molecular weight excluding hydrogens is 636 g/mol. The summed E-state index contributed by atoms with van der Waals surface area (Å²) < 4.78 is 47.3. The summed E-state index contributed by atoms with van der Waals surface area (Å²) in [5, 5.41) is 0. The number of ether oxygens (including phenoxy) is 2. The quantitative estimate of drug-likeness (QED) is 0.121. The number of esters is 1. The molecule has 0 bridgehead atoms. The van der Waals surface area contributed by atoms with E-state index < -0.39 is 6.36 Å². The highest BCUT2D eigenvalue weighted by Crippen LogP contribution is 2.27. The molecule has 1 heterocycles. The van der Waals surface area contributed by atoms with Crippen LogP contribution in [0, 0.1) is 0 Å². The Balaban J connectivity index is 0.00000145. The fraction of sp³-hybridized carbons (Fsp3) is 0.333. The molecule has 1 aromatic heterocycles. The summed E-state index contributed by atoms with van der Waals surface area (Å²) in [5.74, 6) is 1.01. The molecule has 2 aromatic carbocycles. The summed E-state index contributed by atoms with van der Waals surface area (Å²) in [6, 6.07) is 13.9. The Labute approximate surface area is 282 Å². The minimum atomic E-state index is -4.69. The van der Waals surface area contributed by atoms with Gasteiger partial charge < -0.3 is 14.0 Å². The average molecular weight is 682 g/mol. The zero-order chi connectivity index (χ0) is 35.0. The van der Waals surface area contributed by atoms with E-state index >= 15 is 0 Å². The van der Waals surface area contributed by atoms with Crippen molar-refractivity contribution in [2.75, 3.05) is 13.0 Å². The van der Waals surface area contributed by atoms with Gasteiger partial charge in [0.1, 0.15) is 11.6 Å². The third kappa shape index (κ3) is 18.9. The number of carbonyl (C=O) groups is 1. The lowest BCUT2D eigenvalue weighted by molar-refractivity contribution is -0.274. The number of benzene rings is 2. The Morgan fingerprint density at radius 3 is 2.00 bits per heavy atom. The second kappa shape index (κ2) is 24.5. The Morgan fingerprint density at radius 1 is 1.00 bits per heavy atom. The van der Waals surface area contributed by atoms with Crippen LogP contribution in [-0.2, 0) is 22.5 Å². The highest BCUT2D eigenvalue weighted by Gasteiger charge is 2.30. The van der Waals surface area contributed by atoms with Crippen LogP contribution >= 0.6 is 23.2 Å². The largest absolute Gasteiger partial charge is 0.573 e. The Kier molecular flexibility index (Phi) is 22.5. The number of carbonyl (C=O) groups excluding carboxylic acids is 1. The van der Waals surface area contributed by atoms with Gasteiger partial charge in [-0.2, -0.15) is 0 Å². The fourth-order valence-corrected chi connectivity index (χ4v) is 3.80. The molecule has 3 aromatic rings. The van der Waals surface area contributed by atoms with Gasteiger partial charge in [0, 0.05) is 37.5 Å². The van der Waals surface area contributed by atoms with Crippen LogP contribution in [0.2, 0.25) is 0 Å². The van der Waals surface area contributed by atoms with Crippen molar-refractivity contribution in [3.05, 3.63) is 113 Å². The molecule has 0 aliphatic rings. The number of nitrogens with zero attached hydrogens (tertiary/aromatic N) is 2. The van der Waals surface area contributed by atoms with Crippen molar-refractivity contribution in [1.82, 2.24) is 9.55 Å². The van der Waals surface area contributed by atoms with Gasteiger partial charge in [0.15, 0.2) is 0 Å². The number of halogens is 5. The van der Waals surface area contributed by atoms with E-state index in [0.29, 0.717) is 12.3 Å². The highest BCUT2D eigenvalue weighted by atomic mass is 35.5. The third-order valence-corrected chi connectivity index (χ3v) is 5.95. The first kappa shape index (κ1) is 42.2. The van der Waals surface area contributed by atoms with E-state index in [9.17, 15) is 18.0 Å². The minimum absolute atomic E-state index is 0.230. The maximum atomic E-state index is 12.4. The number of hydrogen-bond acceptors (Lipinski definition) is 4. The molecule has 0 aliphatic heterocycles. The standard InChI is InChI=1S/C28H29F3N2O.C3H4Cl2.C3H6O2.C2H6/c1-4-6-8-21(3)19-33-20-25(9-7-5-2)32-27(33)18-22-10-12-23(13-11-22)24-14-16-26(17-15-24)34-28(29,30)31;4-2-1-3-5;1-3(4)5-2;1-2/h4,6-17,20H,5,18-19H2,1-3H3;1-2H,3H2;1-2H3;1-2H3/b6-4-,9-7+,21-8+;2-1+;;. The van der Waals surface area contributed by atoms with Crippen molar-refractivity contribution in [2.24, 2.45) is 0 Å². The molecule has 5 nitrogen and oxygen atoms in total. The molecule has 0 saturated carbocycles. The molecule has 0 atom stereocenters.